The number of halogens is 1. The molecule has 1 atom stereocenters. The van der Waals surface area contributed by atoms with Gasteiger partial charge < -0.3 is 0 Å². The number of nitrogens with zero attached hydrogens (tertiary/aromatic N) is 1. The predicted octanol–water partition coefficient (Wildman–Crippen LogP) is 3.96. The summed E-state index contributed by atoms with van der Waals surface area (Å²) in [6, 6.07) is 8.23. The van der Waals surface area contributed by atoms with E-state index in [1.807, 2.05) is 12.1 Å². The molecule has 0 N–H and O–H groups in total. The van der Waals surface area contributed by atoms with Gasteiger partial charge in [0.05, 0.1) is 0 Å². The van der Waals surface area contributed by atoms with Gasteiger partial charge in [0, 0.05) is 18.1 Å². The molecule has 0 saturated carbocycles. The molecule has 1 nitrogen and oxygen atoms in total. The lowest BCUT2D eigenvalue weighted by Gasteiger charge is -2.32. The number of rotatable bonds is 3. The molecule has 2 heteroatoms. The van der Waals surface area contributed by atoms with E-state index in [1.165, 1.54) is 37.9 Å². The minimum absolute atomic E-state index is 0.849. The third kappa shape index (κ3) is 3.23. The van der Waals surface area contributed by atoms with Gasteiger partial charge in [0.15, 0.2) is 0 Å². The summed E-state index contributed by atoms with van der Waals surface area (Å²) in [5, 5.41) is 0.849. The topological polar surface area (TPSA) is 3.24 Å². The Morgan fingerprint density at radius 3 is 3.06 bits per heavy atom. The fourth-order valence-corrected chi connectivity index (χ4v) is 2.73. The molecule has 0 bridgehead atoms. The highest BCUT2D eigenvalue weighted by molar-refractivity contribution is 6.30. The van der Waals surface area contributed by atoms with Gasteiger partial charge in [-0.25, -0.2) is 0 Å². The quantitative estimate of drug-likeness (QED) is 0.769. The molecule has 88 valence electrons. The molecule has 0 spiro atoms. The Balaban J connectivity index is 1.94. The Bertz CT molecular complexity index is 337. The maximum atomic E-state index is 6.00. The summed E-state index contributed by atoms with van der Waals surface area (Å²) in [6.45, 7) is 5.84. The first kappa shape index (κ1) is 11.9. The lowest BCUT2D eigenvalue weighted by Crippen LogP contribution is -2.34. The molecule has 2 rings (SSSR count). The van der Waals surface area contributed by atoms with Gasteiger partial charge in [-0.05, 0) is 43.0 Å². The lowest BCUT2D eigenvalue weighted by molar-refractivity contribution is 0.165. The average molecular weight is 238 g/mol. The molecule has 1 aromatic carbocycles. The van der Waals surface area contributed by atoms with Crippen molar-refractivity contribution in [3.8, 4) is 0 Å². The number of hydrogen-bond donors (Lipinski definition) is 0. The molecule has 0 aliphatic carbocycles. The van der Waals surface area contributed by atoms with E-state index in [-0.39, 0.29) is 0 Å². The SMILES string of the molecule is CC[C@@H]1CCCN(Cc2cccc(Cl)c2)C1. The number of benzene rings is 1. The predicted molar refractivity (Wildman–Crippen MR) is 69.7 cm³/mol. The van der Waals surface area contributed by atoms with Crippen LogP contribution in [0.2, 0.25) is 5.02 Å². The van der Waals surface area contributed by atoms with Crippen LogP contribution in [0, 0.1) is 5.92 Å². The first-order valence-corrected chi connectivity index (χ1v) is 6.62. The molecule has 16 heavy (non-hydrogen) atoms. The van der Waals surface area contributed by atoms with Crippen molar-refractivity contribution < 1.29 is 0 Å². The maximum absolute atomic E-state index is 6.00. The standard InChI is InChI=1S/C14H20ClN/c1-2-12-6-4-8-16(10-12)11-13-5-3-7-14(15)9-13/h3,5,7,9,12H,2,4,6,8,10-11H2,1H3/t12-/m1/s1. The molecule has 0 radical (unpaired) electrons. The van der Waals surface area contributed by atoms with Gasteiger partial charge in [-0.15, -0.1) is 0 Å². The van der Waals surface area contributed by atoms with E-state index in [9.17, 15) is 0 Å². The van der Waals surface area contributed by atoms with Crippen LogP contribution < -0.4 is 0 Å². The molecule has 1 aromatic rings. The smallest absolute Gasteiger partial charge is 0.0409 e. The normalized spacial score (nSPS) is 22.2. The molecule has 0 aromatic heterocycles. The zero-order valence-electron chi connectivity index (χ0n) is 9.95. The fourth-order valence-electron chi connectivity index (χ4n) is 2.52. The van der Waals surface area contributed by atoms with Gasteiger partial charge in [-0.3, -0.25) is 4.90 Å². The van der Waals surface area contributed by atoms with Crippen LogP contribution >= 0.6 is 11.6 Å². The molecular weight excluding hydrogens is 218 g/mol. The van der Waals surface area contributed by atoms with E-state index >= 15 is 0 Å². The van der Waals surface area contributed by atoms with Crippen molar-refractivity contribution >= 4 is 11.6 Å². The number of likely N-dealkylation sites (tertiary alicyclic amines) is 1. The van der Waals surface area contributed by atoms with Gasteiger partial charge in [0.25, 0.3) is 0 Å². The highest BCUT2D eigenvalue weighted by atomic mass is 35.5. The zero-order chi connectivity index (χ0) is 11.4. The minimum Gasteiger partial charge on any atom is -0.299 e. The maximum Gasteiger partial charge on any atom is 0.0409 e. The summed E-state index contributed by atoms with van der Waals surface area (Å²) in [5.41, 5.74) is 1.34. The Kier molecular flexibility index (Phi) is 4.25. The molecule has 1 fully saturated rings. The van der Waals surface area contributed by atoms with Gasteiger partial charge in [0.2, 0.25) is 0 Å². The van der Waals surface area contributed by atoms with Crippen LogP contribution in [-0.4, -0.2) is 18.0 Å². The van der Waals surface area contributed by atoms with Gasteiger partial charge in [0.1, 0.15) is 0 Å². The molecule has 1 saturated heterocycles. The summed E-state index contributed by atoms with van der Waals surface area (Å²) < 4.78 is 0. The van der Waals surface area contributed by atoms with Crippen molar-refractivity contribution in [3.05, 3.63) is 34.9 Å². The highest BCUT2D eigenvalue weighted by Crippen LogP contribution is 2.21. The molecular formula is C14H20ClN. The van der Waals surface area contributed by atoms with Crippen LogP contribution in [0.1, 0.15) is 31.7 Å². The van der Waals surface area contributed by atoms with E-state index < -0.39 is 0 Å². The third-order valence-corrected chi connectivity index (χ3v) is 3.71. The van der Waals surface area contributed by atoms with E-state index in [1.54, 1.807) is 0 Å². The second-order valence-electron chi connectivity index (χ2n) is 4.78. The molecule has 1 heterocycles. The second-order valence-corrected chi connectivity index (χ2v) is 5.22. The zero-order valence-corrected chi connectivity index (χ0v) is 10.7. The van der Waals surface area contributed by atoms with Crippen LogP contribution in [0.25, 0.3) is 0 Å². The van der Waals surface area contributed by atoms with E-state index in [0.717, 1.165) is 17.5 Å². The Hall–Kier alpha value is -0.530. The third-order valence-electron chi connectivity index (χ3n) is 3.48. The summed E-state index contributed by atoms with van der Waals surface area (Å²) >= 11 is 6.00. The van der Waals surface area contributed by atoms with Crippen molar-refractivity contribution in [1.29, 1.82) is 0 Å². The van der Waals surface area contributed by atoms with Gasteiger partial charge >= 0.3 is 0 Å². The van der Waals surface area contributed by atoms with Crippen molar-refractivity contribution in [2.45, 2.75) is 32.7 Å². The molecule has 1 aliphatic heterocycles. The summed E-state index contributed by atoms with van der Waals surface area (Å²) in [5.74, 6) is 0.896. The largest absolute Gasteiger partial charge is 0.299 e. The van der Waals surface area contributed by atoms with Crippen LogP contribution in [0.15, 0.2) is 24.3 Å². The minimum atomic E-state index is 0.849. The van der Waals surface area contributed by atoms with E-state index in [0.29, 0.717) is 0 Å². The second kappa shape index (κ2) is 5.70. The van der Waals surface area contributed by atoms with E-state index in [2.05, 4.69) is 24.0 Å². The van der Waals surface area contributed by atoms with Crippen molar-refractivity contribution in [2.24, 2.45) is 5.92 Å². The lowest BCUT2D eigenvalue weighted by atomic mass is 9.95. The van der Waals surface area contributed by atoms with Crippen LogP contribution in [0.3, 0.4) is 0 Å². The molecule has 0 amide bonds. The molecule has 0 unspecified atom stereocenters. The van der Waals surface area contributed by atoms with Crippen LogP contribution in [0.5, 0.6) is 0 Å². The highest BCUT2D eigenvalue weighted by Gasteiger charge is 2.18. The Labute approximate surface area is 103 Å². The van der Waals surface area contributed by atoms with Gasteiger partial charge in [-0.2, -0.15) is 0 Å². The van der Waals surface area contributed by atoms with Gasteiger partial charge in [-0.1, -0.05) is 37.1 Å². The van der Waals surface area contributed by atoms with Crippen LogP contribution in [-0.2, 0) is 6.54 Å². The summed E-state index contributed by atoms with van der Waals surface area (Å²) in [4.78, 5) is 2.56. The summed E-state index contributed by atoms with van der Waals surface area (Å²) in [6.07, 6.45) is 4.06. The van der Waals surface area contributed by atoms with Crippen molar-refractivity contribution in [3.63, 3.8) is 0 Å². The fraction of sp³-hybridized carbons (Fsp3) is 0.571. The Morgan fingerprint density at radius 1 is 1.44 bits per heavy atom. The number of hydrogen-bond acceptors (Lipinski definition) is 1. The summed E-state index contributed by atoms with van der Waals surface area (Å²) in [7, 11) is 0. The first-order valence-electron chi connectivity index (χ1n) is 6.24. The van der Waals surface area contributed by atoms with E-state index in [4.69, 9.17) is 11.6 Å². The number of piperidine rings is 1. The Morgan fingerprint density at radius 2 is 2.31 bits per heavy atom. The average Bonchev–Trinajstić information content (AvgIpc) is 2.29. The first-order chi connectivity index (χ1) is 7.78. The van der Waals surface area contributed by atoms with Crippen molar-refractivity contribution in [1.82, 2.24) is 4.90 Å². The molecule has 1 aliphatic rings. The monoisotopic (exact) mass is 237 g/mol. The van der Waals surface area contributed by atoms with Crippen LogP contribution in [0.4, 0.5) is 0 Å². The van der Waals surface area contributed by atoms with Crippen molar-refractivity contribution in [2.75, 3.05) is 13.1 Å².